The summed E-state index contributed by atoms with van der Waals surface area (Å²) in [6, 6.07) is 0. The van der Waals surface area contributed by atoms with Crippen LogP contribution in [0.15, 0.2) is 0 Å². The Balaban J connectivity index is 1.17. The fraction of sp³-hybridized carbons (Fsp3) is 1.00. The first-order valence-electron chi connectivity index (χ1n) is 20.9. The summed E-state index contributed by atoms with van der Waals surface area (Å²) in [6.45, 7) is 13.6. The molecule has 0 radical (unpaired) electrons. The molecule has 0 aromatic carbocycles. The SMILES string of the molecule is CC(CCC(O)C(C)(C)O)C1C(OC2OC(CO)C(O)C(O)C2O)CC2(C)C3CC(O)C4C(C)(C)C(OC5OCC(O)C(O)C5O)CCC45CC35CCC12C. The molecule has 7 rings (SSSR count). The Hall–Kier alpha value is -0.560. The highest BCUT2D eigenvalue weighted by Gasteiger charge is 2.84. The molecule has 10 N–H and O–H groups in total. The van der Waals surface area contributed by atoms with Crippen molar-refractivity contribution in [2.45, 2.75) is 192 Å². The predicted octanol–water partition coefficient (Wildman–Crippen LogP) is 0.564. The third-order valence-corrected chi connectivity index (χ3v) is 17.3. The molecule has 5 saturated carbocycles. The lowest BCUT2D eigenvalue weighted by molar-refractivity contribution is -0.315. The van der Waals surface area contributed by atoms with Crippen LogP contribution in [0.25, 0.3) is 0 Å². The third kappa shape index (κ3) is 6.33. The van der Waals surface area contributed by atoms with Crippen LogP contribution in [0.4, 0.5) is 0 Å². The van der Waals surface area contributed by atoms with E-state index >= 15 is 0 Å². The van der Waals surface area contributed by atoms with E-state index in [1.54, 1.807) is 13.8 Å². The van der Waals surface area contributed by atoms with E-state index < -0.39 is 91.2 Å². The predicted molar refractivity (Wildman–Crippen MR) is 196 cm³/mol. The topological polar surface area (TPSA) is 239 Å². The van der Waals surface area contributed by atoms with Gasteiger partial charge in [-0.2, -0.15) is 0 Å². The Kier molecular flexibility index (Phi) is 11.1. The number of hydrogen-bond donors (Lipinski definition) is 10. The minimum Gasteiger partial charge on any atom is -0.394 e. The second kappa shape index (κ2) is 14.3. The van der Waals surface area contributed by atoms with Crippen LogP contribution >= 0.6 is 0 Å². The number of fused-ring (bicyclic) bond motifs is 2. The summed E-state index contributed by atoms with van der Waals surface area (Å²) in [4.78, 5) is 0. The van der Waals surface area contributed by atoms with E-state index in [1.165, 1.54) is 0 Å². The number of aliphatic hydroxyl groups is 10. The molecule has 7 aliphatic rings. The largest absolute Gasteiger partial charge is 0.394 e. The highest BCUT2D eigenvalue weighted by molar-refractivity contribution is 5.32. The summed E-state index contributed by atoms with van der Waals surface area (Å²) in [5, 5.41) is 107. The number of rotatable bonds is 10. The molecule has 2 heterocycles. The van der Waals surface area contributed by atoms with Crippen molar-refractivity contribution >= 4 is 0 Å². The molecule has 0 aromatic rings. The normalized spacial score (nSPS) is 54.4. The van der Waals surface area contributed by atoms with Gasteiger partial charge in [0.2, 0.25) is 0 Å². The van der Waals surface area contributed by atoms with Gasteiger partial charge in [-0.3, -0.25) is 0 Å². The molecule has 14 heteroatoms. The lowest BCUT2D eigenvalue weighted by Gasteiger charge is -2.64. The molecule has 0 amide bonds. The standard InChI is InChI=1S/C41H70O14/c1-19(8-9-25(45)37(4,5)51)27-22(53-35-32(50)30(48)29(47)23(16-42)54-35)15-39(7)24-14-20(43)33-36(2,3)26(55-34-31(49)28(46)21(44)17-52-34)10-11-41(33)18-40(24,41)13-12-38(27,39)6/h19-35,42-51H,8-18H2,1-7H3. The van der Waals surface area contributed by atoms with Crippen molar-refractivity contribution in [3.8, 4) is 0 Å². The van der Waals surface area contributed by atoms with E-state index in [0.29, 0.717) is 32.1 Å². The van der Waals surface area contributed by atoms with Gasteiger partial charge in [0.15, 0.2) is 12.6 Å². The lowest BCUT2D eigenvalue weighted by Crippen LogP contribution is -2.62. The molecule has 2 spiro atoms. The zero-order valence-corrected chi connectivity index (χ0v) is 33.7. The Morgan fingerprint density at radius 3 is 2.11 bits per heavy atom. The van der Waals surface area contributed by atoms with Crippen molar-refractivity contribution in [1.29, 1.82) is 0 Å². The maximum atomic E-state index is 12.4. The molecule has 55 heavy (non-hydrogen) atoms. The summed E-state index contributed by atoms with van der Waals surface area (Å²) in [6.07, 6.45) is -7.95. The Labute approximate surface area is 325 Å². The van der Waals surface area contributed by atoms with E-state index in [4.69, 9.17) is 18.9 Å². The summed E-state index contributed by atoms with van der Waals surface area (Å²) in [5.41, 5.74) is -2.55. The Morgan fingerprint density at radius 2 is 1.45 bits per heavy atom. The van der Waals surface area contributed by atoms with Gasteiger partial charge in [-0.25, -0.2) is 0 Å². The van der Waals surface area contributed by atoms with Crippen LogP contribution in [0.2, 0.25) is 0 Å². The molecule has 2 saturated heterocycles. The summed E-state index contributed by atoms with van der Waals surface area (Å²) < 4.78 is 24.7. The number of hydrogen-bond acceptors (Lipinski definition) is 14. The second-order valence-corrected chi connectivity index (χ2v) is 20.7. The monoisotopic (exact) mass is 786 g/mol. The molecular formula is C41H70O14. The van der Waals surface area contributed by atoms with Gasteiger partial charge >= 0.3 is 0 Å². The molecule has 21 atom stereocenters. The third-order valence-electron chi connectivity index (χ3n) is 17.3. The van der Waals surface area contributed by atoms with E-state index in [9.17, 15) is 51.1 Å². The zero-order valence-electron chi connectivity index (χ0n) is 33.7. The van der Waals surface area contributed by atoms with Crippen molar-refractivity contribution in [3.05, 3.63) is 0 Å². The Bertz CT molecular complexity index is 1390. The molecular weight excluding hydrogens is 716 g/mol. The van der Waals surface area contributed by atoms with E-state index in [1.807, 2.05) is 0 Å². The van der Waals surface area contributed by atoms with Crippen LogP contribution in [-0.4, -0.2) is 150 Å². The van der Waals surface area contributed by atoms with Gasteiger partial charge in [-0.1, -0.05) is 34.6 Å². The van der Waals surface area contributed by atoms with E-state index in [0.717, 1.165) is 25.7 Å². The van der Waals surface area contributed by atoms with Crippen molar-refractivity contribution < 1.29 is 70.0 Å². The number of ether oxygens (including phenoxy) is 4. The fourth-order valence-corrected chi connectivity index (χ4v) is 14.2. The van der Waals surface area contributed by atoms with Gasteiger partial charge in [-0.15, -0.1) is 0 Å². The molecule has 318 valence electrons. The maximum Gasteiger partial charge on any atom is 0.186 e. The number of aliphatic hydroxyl groups excluding tert-OH is 9. The summed E-state index contributed by atoms with van der Waals surface area (Å²) in [7, 11) is 0. The van der Waals surface area contributed by atoms with Crippen molar-refractivity contribution in [2.75, 3.05) is 13.2 Å². The first-order valence-corrected chi connectivity index (χ1v) is 20.9. The zero-order chi connectivity index (χ0) is 40.4. The highest BCUT2D eigenvalue weighted by Crippen LogP contribution is 2.89. The van der Waals surface area contributed by atoms with Crippen molar-refractivity contribution in [2.24, 2.45) is 50.7 Å². The second-order valence-electron chi connectivity index (χ2n) is 20.7. The minimum absolute atomic E-state index is 0.00527. The maximum absolute atomic E-state index is 12.4. The van der Waals surface area contributed by atoms with E-state index in [-0.39, 0.29) is 58.0 Å². The smallest absolute Gasteiger partial charge is 0.186 e. The van der Waals surface area contributed by atoms with Gasteiger partial charge in [0, 0.05) is 0 Å². The van der Waals surface area contributed by atoms with Gasteiger partial charge < -0.3 is 70.0 Å². The highest BCUT2D eigenvalue weighted by atomic mass is 16.7. The molecule has 5 aliphatic carbocycles. The van der Waals surface area contributed by atoms with Crippen LogP contribution in [0.5, 0.6) is 0 Å². The van der Waals surface area contributed by atoms with Gasteiger partial charge in [0.25, 0.3) is 0 Å². The van der Waals surface area contributed by atoms with E-state index in [2.05, 4.69) is 34.6 Å². The summed E-state index contributed by atoms with van der Waals surface area (Å²) in [5.74, 6) is -0.0267. The van der Waals surface area contributed by atoms with Crippen LogP contribution in [-0.2, 0) is 18.9 Å². The summed E-state index contributed by atoms with van der Waals surface area (Å²) >= 11 is 0. The molecule has 21 unspecified atom stereocenters. The average molecular weight is 787 g/mol. The van der Waals surface area contributed by atoms with Crippen LogP contribution in [0.3, 0.4) is 0 Å². The first-order chi connectivity index (χ1) is 25.5. The molecule has 2 aliphatic heterocycles. The fourth-order valence-electron chi connectivity index (χ4n) is 14.2. The van der Waals surface area contributed by atoms with Gasteiger partial charge in [0.05, 0.1) is 43.2 Å². The van der Waals surface area contributed by atoms with Crippen LogP contribution in [0.1, 0.15) is 106 Å². The average Bonchev–Trinajstić information content (AvgIpc) is 3.69. The van der Waals surface area contributed by atoms with Crippen LogP contribution in [0, 0.1) is 50.7 Å². The molecule has 0 aromatic heterocycles. The van der Waals surface area contributed by atoms with Crippen LogP contribution < -0.4 is 0 Å². The molecule has 7 fully saturated rings. The molecule has 14 nitrogen and oxygen atoms in total. The minimum atomic E-state index is -1.57. The van der Waals surface area contributed by atoms with Gasteiger partial charge in [0.1, 0.15) is 42.7 Å². The Morgan fingerprint density at radius 1 is 0.782 bits per heavy atom. The van der Waals surface area contributed by atoms with Crippen molar-refractivity contribution in [3.63, 3.8) is 0 Å². The van der Waals surface area contributed by atoms with Crippen molar-refractivity contribution in [1.82, 2.24) is 0 Å². The van der Waals surface area contributed by atoms with Gasteiger partial charge in [-0.05, 0) is 122 Å². The lowest BCUT2D eigenvalue weighted by atomic mass is 9.41. The quantitative estimate of drug-likeness (QED) is 0.136. The molecule has 0 bridgehead atoms. The first kappa shape index (κ1) is 42.6.